The molecule has 9 heavy (non-hydrogen) atoms. The first kappa shape index (κ1) is 5.88. The van der Waals surface area contributed by atoms with Gasteiger partial charge in [-0.25, -0.2) is 4.79 Å². The number of hydrogen-bond acceptors (Lipinski definition) is 2. The maximum absolute atomic E-state index is 10.2. The Hall–Kier alpha value is -1.25. The van der Waals surface area contributed by atoms with Gasteiger partial charge in [-0.15, -0.1) is 0 Å². The fourth-order valence-corrected chi connectivity index (χ4v) is 0.511. The molecule has 1 radical (unpaired) electrons. The number of carboxylic acids is 1. The van der Waals surface area contributed by atoms with E-state index in [2.05, 4.69) is 11.3 Å². The molecule has 0 spiro atoms. The molecule has 0 saturated heterocycles. The van der Waals surface area contributed by atoms with Crippen LogP contribution in [0.5, 0.6) is 0 Å². The molecule has 1 heterocycles. The van der Waals surface area contributed by atoms with Crippen LogP contribution in [0.25, 0.3) is 0 Å². The minimum Gasteiger partial charge on any atom is -0.478 e. The number of rotatable bonds is 1. The van der Waals surface area contributed by atoms with E-state index in [9.17, 15) is 4.79 Å². The summed E-state index contributed by atoms with van der Waals surface area (Å²) in [6, 6.07) is 0. The molecule has 47 valence electrons. The highest BCUT2D eigenvalue weighted by atomic mass is 16.4. The van der Waals surface area contributed by atoms with Gasteiger partial charge in [0, 0.05) is 5.56 Å². The monoisotopic (exact) mass is 125 g/mol. The van der Waals surface area contributed by atoms with Crippen LogP contribution in [-0.2, 0) is 0 Å². The standard InChI is InChI=1S/C6H5O3/c1-4-2-9-3-5(4)6(7)8/h2-3H,1H2,(H,7,8). The van der Waals surface area contributed by atoms with Gasteiger partial charge >= 0.3 is 5.97 Å². The van der Waals surface area contributed by atoms with Crippen LogP contribution in [0.1, 0.15) is 15.9 Å². The molecule has 1 rings (SSSR count). The Morgan fingerprint density at radius 2 is 2.33 bits per heavy atom. The predicted octanol–water partition coefficient (Wildman–Crippen LogP) is 1.16. The first-order valence-electron chi connectivity index (χ1n) is 2.33. The lowest BCUT2D eigenvalue weighted by Crippen LogP contribution is -1.94. The van der Waals surface area contributed by atoms with Gasteiger partial charge in [-0.1, -0.05) is 0 Å². The second-order valence-electron chi connectivity index (χ2n) is 1.62. The van der Waals surface area contributed by atoms with Gasteiger partial charge in [0.15, 0.2) is 0 Å². The second kappa shape index (κ2) is 1.93. The van der Waals surface area contributed by atoms with Gasteiger partial charge in [-0.05, 0) is 6.92 Å². The summed E-state index contributed by atoms with van der Waals surface area (Å²) in [5, 5.41) is 8.35. The summed E-state index contributed by atoms with van der Waals surface area (Å²) in [5.41, 5.74) is 0.525. The Labute approximate surface area is 51.9 Å². The summed E-state index contributed by atoms with van der Waals surface area (Å²) in [6.45, 7) is 3.43. The minimum absolute atomic E-state index is 0.120. The van der Waals surface area contributed by atoms with Crippen LogP contribution in [0.3, 0.4) is 0 Å². The zero-order valence-corrected chi connectivity index (χ0v) is 4.63. The molecule has 0 aromatic carbocycles. The molecule has 3 nitrogen and oxygen atoms in total. The molecule has 1 N–H and O–H groups in total. The van der Waals surface area contributed by atoms with Crippen LogP contribution >= 0.6 is 0 Å². The van der Waals surface area contributed by atoms with Crippen molar-refractivity contribution in [1.82, 2.24) is 0 Å². The van der Waals surface area contributed by atoms with E-state index >= 15 is 0 Å². The molecular weight excluding hydrogens is 120 g/mol. The number of hydrogen-bond donors (Lipinski definition) is 1. The van der Waals surface area contributed by atoms with Crippen LogP contribution in [0.2, 0.25) is 0 Å². The molecular formula is C6H5O3. The molecule has 0 bridgehead atoms. The summed E-state index contributed by atoms with van der Waals surface area (Å²) < 4.78 is 4.56. The van der Waals surface area contributed by atoms with Gasteiger partial charge in [0.1, 0.15) is 11.8 Å². The molecule has 3 heteroatoms. The lowest BCUT2D eigenvalue weighted by molar-refractivity contribution is 0.0696. The van der Waals surface area contributed by atoms with Crippen molar-refractivity contribution in [2.24, 2.45) is 0 Å². The van der Waals surface area contributed by atoms with Gasteiger partial charge in [-0.2, -0.15) is 0 Å². The van der Waals surface area contributed by atoms with Crippen molar-refractivity contribution in [2.45, 2.75) is 0 Å². The lowest BCUT2D eigenvalue weighted by Gasteiger charge is -1.84. The van der Waals surface area contributed by atoms with Crippen molar-refractivity contribution in [3.63, 3.8) is 0 Å². The van der Waals surface area contributed by atoms with Crippen molar-refractivity contribution in [3.05, 3.63) is 30.6 Å². The minimum atomic E-state index is -1.01. The van der Waals surface area contributed by atoms with Crippen LogP contribution in [-0.4, -0.2) is 11.1 Å². The average Bonchev–Trinajstić information content (AvgIpc) is 2.13. The molecule has 0 fully saturated rings. The van der Waals surface area contributed by atoms with E-state index in [1.807, 2.05) is 0 Å². The van der Waals surface area contributed by atoms with Gasteiger partial charge in [0.25, 0.3) is 0 Å². The van der Waals surface area contributed by atoms with Gasteiger partial charge in [0.05, 0.1) is 6.26 Å². The molecule has 0 aliphatic rings. The molecule has 0 atom stereocenters. The third-order valence-electron chi connectivity index (χ3n) is 0.973. The van der Waals surface area contributed by atoms with Crippen molar-refractivity contribution in [1.29, 1.82) is 0 Å². The molecule has 1 aromatic rings. The molecule has 1 aromatic heterocycles. The smallest absolute Gasteiger partial charge is 0.339 e. The van der Waals surface area contributed by atoms with Crippen molar-refractivity contribution >= 4 is 5.97 Å². The van der Waals surface area contributed by atoms with Crippen LogP contribution in [0.4, 0.5) is 0 Å². The molecule has 0 aliphatic carbocycles. The molecule has 0 saturated carbocycles. The Balaban J connectivity index is 3.08. The fraction of sp³-hybridized carbons (Fsp3) is 0. The Bertz CT molecular complexity index is 224. The first-order chi connectivity index (χ1) is 4.22. The highest BCUT2D eigenvalue weighted by Gasteiger charge is 2.07. The van der Waals surface area contributed by atoms with E-state index in [1.54, 1.807) is 0 Å². The van der Waals surface area contributed by atoms with Gasteiger partial charge in [0.2, 0.25) is 0 Å². The largest absolute Gasteiger partial charge is 0.478 e. The van der Waals surface area contributed by atoms with E-state index < -0.39 is 5.97 Å². The third-order valence-corrected chi connectivity index (χ3v) is 0.973. The Kier molecular flexibility index (Phi) is 1.26. The molecule has 0 amide bonds. The predicted molar refractivity (Wildman–Crippen MR) is 30.1 cm³/mol. The summed E-state index contributed by atoms with van der Waals surface area (Å²) in [5.74, 6) is -1.01. The van der Waals surface area contributed by atoms with E-state index in [4.69, 9.17) is 5.11 Å². The normalized spacial score (nSPS) is 9.44. The topological polar surface area (TPSA) is 50.4 Å². The van der Waals surface area contributed by atoms with Crippen molar-refractivity contribution in [2.75, 3.05) is 0 Å². The Morgan fingerprint density at radius 3 is 2.56 bits per heavy atom. The van der Waals surface area contributed by atoms with Crippen LogP contribution < -0.4 is 0 Å². The highest BCUT2D eigenvalue weighted by Crippen LogP contribution is 2.07. The highest BCUT2D eigenvalue weighted by molar-refractivity contribution is 5.89. The number of carboxylic acid groups (broad SMARTS) is 1. The SMILES string of the molecule is [CH2]c1cocc1C(=O)O. The Morgan fingerprint density at radius 1 is 1.67 bits per heavy atom. The number of aromatic carboxylic acids is 1. The second-order valence-corrected chi connectivity index (χ2v) is 1.62. The van der Waals surface area contributed by atoms with E-state index in [0.29, 0.717) is 5.56 Å². The number of furan rings is 1. The van der Waals surface area contributed by atoms with Gasteiger partial charge in [-0.3, -0.25) is 0 Å². The van der Waals surface area contributed by atoms with E-state index in [-0.39, 0.29) is 5.56 Å². The average molecular weight is 125 g/mol. The molecule has 0 aliphatic heterocycles. The quantitative estimate of drug-likeness (QED) is 0.612. The number of carbonyl (C=O) groups is 1. The fourth-order valence-electron chi connectivity index (χ4n) is 0.511. The zero-order chi connectivity index (χ0) is 6.85. The van der Waals surface area contributed by atoms with Gasteiger partial charge < -0.3 is 9.52 Å². The van der Waals surface area contributed by atoms with E-state index in [1.165, 1.54) is 6.26 Å². The summed E-state index contributed by atoms with van der Waals surface area (Å²) >= 11 is 0. The zero-order valence-electron chi connectivity index (χ0n) is 4.63. The van der Waals surface area contributed by atoms with E-state index in [0.717, 1.165) is 6.26 Å². The summed E-state index contributed by atoms with van der Waals surface area (Å²) in [6.07, 6.45) is 2.45. The van der Waals surface area contributed by atoms with Crippen molar-refractivity contribution < 1.29 is 14.3 Å². The maximum atomic E-state index is 10.2. The maximum Gasteiger partial charge on any atom is 0.339 e. The molecule has 0 unspecified atom stereocenters. The first-order valence-corrected chi connectivity index (χ1v) is 2.33. The summed E-state index contributed by atoms with van der Waals surface area (Å²) in [4.78, 5) is 10.2. The lowest BCUT2D eigenvalue weighted by atomic mass is 10.2. The van der Waals surface area contributed by atoms with Crippen LogP contribution in [0.15, 0.2) is 16.9 Å². The summed E-state index contributed by atoms with van der Waals surface area (Å²) in [7, 11) is 0. The van der Waals surface area contributed by atoms with Crippen LogP contribution in [0, 0.1) is 6.92 Å². The van der Waals surface area contributed by atoms with Crippen molar-refractivity contribution in [3.8, 4) is 0 Å². The third kappa shape index (κ3) is 0.937.